The first kappa shape index (κ1) is 30.4. The summed E-state index contributed by atoms with van der Waals surface area (Å²) in [5, 5.41) is 0.897. The van der Waals surface area contributed by atoms with Crippen LogP contribution >= 0.6 is 23.1 Å². The van der Waals surface area contributed by atoms with Crippen molar-refractivity contribution < 1.29 is 19.1 Å². The van der Waals surface area contributed by atoms with Gasteiger partial charge in [0.05, 0.1) is 35.1 Å². The van der Waals surface area contributed by atoms with E-state index in [1.165, 1.54) is 11.3 Å². The molecule has 10 heteroatoms. The summed E-state index contributed by atoms with van der Waals surface area (Å²) in [6, 6.07) is 24.3. The molecule has 228 valence electrons. The molecule has 0 aliphatic carbocycles. The monoisotopic (exact) mass is 637 g/mol. The lowest BCUT2D eigenvalue weighted by atomic mass is 9.93. The Bertz CT molecular complexity index is 2110. The zero-order valence-electron chi connectivity index (χ0n) is 25.1. The molecule has 1 atom stereocenters. The van der Waals surface area contributed by atoms with Crippen LogP contribution in [0.3, 0.4) is 0 Å². The molecular formula is C35H31N3O5S2. The zero-order valence-corrected chi connectivity index (χ0v) is 26.7. The number of ether oxygens (including phenoxy) is 2. The number of hydrogen-bond acceptors (Lipinski definition) is 8. The van der Waals surface area contributed by atoms with E-state index < -0.39 is 12.0 Å². The number of carbonyl (C=O) groups excluding carboxylic acids is 2. The summed E-state index contributed by atoms with van der Waals surface area (Å²) in [5.74, 6) is -0.855. The second kappa shape index (κ2) is 13.1. The van der Waals surface area contributed by atoms with Crippen LogP contribution in [0.15, 0.2) is 105 Å². The van der Waals surface area contributed by atoms with Gasteiger partial charge in [-0.25, -0.2) is 9.79 Å². The van der Waals surface area contributed by atoms with Crippen LogP contribution in [-0.4, -0.2) is 40.5 Å². The maximum Gasteiger partial charge on any atom is 0.338 e. The van der Waals surface area contributed by atoms with Gasteiger partial charge in [-0.1, -0.05) is 72.0 Å². The molecule has 45 heavy (non-hydrogen) atoms. The first-order valence-corrected chi connectivity index (χ1v) is 16.6. The van der Waals surface area contributed by atoms with Gasteiger partial charge in [-0.15, -0.1) is 11.8 Å². The summed E-state index contributed by atoms with van der Waals surface area (Å²) in [4.78, 5) is 46.8. The van der Waals surface area contributed by atoms with Crippen molar-refractivity contribution in [2.75, 3.05) is 19.5 Å². The lowest BCUT2D eigenvalue weighted by molar-refractivity contribution is -0.143. The fourth-order valence-electron chi connectivity index (χ4n) is 5.55. The summed E-state index contributed by atoms with van der Waals surface area (Å²) in [6.07, 6.45) is 5.69. The Hall–Kier alpha value is -4.67. The van der Waals surface area contributed by atoms with E-state index in [0.29, 0.717) is 27.2 Å². The molecule has 0 spiro atoms. The highest BCUT2D eigenvalue weighted by Crippen LogP contribution is 2.35. The van der Waals surface area contributed by atoms with E-state index in [9.17, 15) is 14.4 Å². The number of carbonyl (C=O) groups is 2. The Morgan fingerprint density at radius 3 is 2.38 bits per heavy atom. The number of hydrogen-bond donors (Lipinski definition) is 0. The molecule has 1 aliphatic rings. The summed E-state index contributed by atoms with van der Waals surface area (Å²) in [5.41, 5.74) is 3.69. The van der Waals surface area contributed by atoms with E-state index in [0.717, 1.165) is 32.5 Å². The molecule has 0 N–H and O–H groups in total. The van der Waals surface area contributed by atoms with Gasteiger partial charge in [-0.2, -0.15) is 0 Å². The molecule has 3 aromatic carbocycles. The third-order valence-electron chi connectivity index (χ3n) is 7.52. The van der Waals surface area contributed by atoms with Crippen LogP contribution in [0, 0.1) is 0 Å². The minimum absolute atomic E-state index is 0.0544. The van der Waals surface area contributed by atoms with Crippen molar-refractivity contribution in [3.8, 4) is 0 Å². The first-order valence-electron chi connectivity index (χ1n) is 14.6. The summed E-state index contributed by atoms with van der Waals surface area (Å²) >= 11 is 2.88. The van der Waals surface area contributed by atoms with Crippen molar-refractivity contribution in [3.05, 3.63) is 127 Å². The van der Waals surface area contributed by atoms with Gasteiger partial charge in [-0.05, 0) is 49.9 Å². The van der Waals surface area contributed by atoms with E-state index in [1.54, 1.807) is 30.2 Å². The largest absolute Gasteiger partial charge is 0.465 e. The highest BCUT2D eigenvalue weighted by atomic mass is 32.2. The van der Waals surface area contributed by atoms with Crippen LogP contribution in [0.1, 0.15) is 36.6 Å². The molecular weight excluding hydrogens is 607 g/mol. The number of thioether (sulfide) groups is 1. The van der Waals surface area contributed by atoms with Crippen LogP contribution in [0.2, 0.25) is 0 Å². The molecule has 0 saturated heterocycles. The number of para-hydroxylation sites is 1. The number of benzene rings is 3. The smallest absolute Gasteiger partial charge is 0.338 e. The van der Waals surface area contributed by atoms with Gasteiger partial charge < -0.3 is 14.0 Å². The Labute approximate surface area is 267 Å². The van der Waals surface area contributed by atoms with Crippen LogP contribution in [0.5, 0.6) is 0 Å². The fraction of sp³-hybridized carbons (Fsp3) is 0.200. The van der Waals surface area contributed by atoms with Crippen LogP contribution in [0.4, 0.5) is 0 Å². The SMILES string of the molecule is CCOC(=O)Cn1cc(C=c2sc3n(c2=O)[C@@H](c2ccc(SC)cc2)C(C(=O)OCC)=C(c2ccccc2)N=3)c2ccccc21. The van der Waals surface area contributed by atoms with Crippen molar-refractivity contribution in [1.29, 1.82) is 0 Å². The van der Waals surface area contributed by atoms with Crippen molar-refractivity contribution >= 4 is 57.7 Å². The highest BCUT2D eigenvalue weighted by Gasteiger charge is 2.35. The molecule has 0 unspecified atom stereocenters. The fourth-order valence-corrected chi connectivity index (χ4v) is 6.95. The molecule has 0 bridgehead atoms. The topological polar surface area (TPSA) is 91.9 Å². The van der Waals surface area contributed by atoms with E-state index in [2.05, 4.69) is 0 Å². The Balaban J connectivity index is 1.59. The Kier molecular flexibility index (Phi) is 8.86. The average Bonchev–Trinajstić information content (AvgIpc) is 3.56. The molecule has 0 radical (unpaired) electrons. The number of nitrogens with zero attached hydrogens (tertiary/aromatic N) is 3. The first-order chi connectivity index (χ1) is 21.9. The van der Waals surface area contributed by atoms with Gasteiger partial charge in [0.25, 0.3) is 5.56 Å². The third kappa shape index (κ3) is 5.91. The average molecular weight is 638 g/mol. The second-order valence-electron chi connectivity index (χ2n) is 10.2. The molecule has 0 amide bonds. The summed E-state index contributed by atoms with van der Waals surface area (Å²) in [6.45, 7) is 4.07. The van der Waals surface area contributed by atoms with Gasteiger partial charge in [0, 0.05) is 33.1 Å². The number of fused-ring (bicyclic) bond motifs is 2. The van der Waals surface area contributed by atoms with Crippen molar-refractivity contribution in [2.45, 2.75) is 31.3 Å². The molecule has 3 heterocycles. The molecule has 0 saturated carbocycles. The maximum atomic E-state index is 14.3. The van der Waals surface area contributed by atoms with E-state index in [1.807, 2.05) is 102 Å². The lowest BCUT2D eigenvalue weighted by Gasteiger charge is -2.26. The summed E-state index contributed by atoms with van der Waals surface area (Å²) < 4.78 is 14.6. The molecule has 2 aromatic heterocycles. The van der Waals surface area contributed by atoms with E-state index >= 15 is 0 Å². The maximum absolute atomic E-state index is 14.3. The van der Waals surface area contributed by atoms with Crippen molar-refractivity contribution in [1.82, 2.24) is 9.13 Å². The minimum Gasteiger partial charge on any atom is -0.465 e. The molecule has 5 aromatic rings. The quantitative estimate of drug-likeness (QED) is 0.164. The normalized spacial score (nSPS) is 14.7. The second-order valence-corrected chi connectivity index (χ2v) is 12.1. The lowest BCUT2D eigenvalue weighted by Crippen LogP contribution is -2.40. The number of esters is 2. The van der Waals surface area contributed by atoms with Gasteiger partial charge in [0.2, 0.25) is 0 Å². The number of rotatable bonds is 9. The highest BCUT2D eigenvalue weighted by molar-refractivity contribution is 7.98. The van der Waals surface area contributed by atoms with Crippen LogP contribution in [-0.2, 0) is 25.6 Å². The van der Waals surface area contributed by atoms with Gasteiger partial charge in [-0.3, -0.25) is 14.2 Å². The Morgan fingerprint density at radius 1 is 0.956 bits per heavy atom. The van der Waals surface area contributed by atoms with Gasteiger partial charge >= 0.3 is 11.9 Å². The summed E-state index contributed by atoms with van der Waals surface area (Å²) in [7, 11) is 0. The predicted octanol–water partition coefficient (Wildman–Crippen LogP) is 5.18. The minimum atomic E-state index is -0.751. The molecule has 1 aliphatic heterocycles. The van der Waals surface area contributed by atoms with Gasteiger partial charge in [0.15, 0.2) is 4.80 Å². The predicted molar refractivity (Wildman–Crippen MR) is 178 cm³/mol. The number of aromatic nitrogens is 2. The Morgan fingerprint density at radius 2 is 1.67 bits per heavy atom. The van der Waals surface area contributed by atoms with Crippen molar-refractivity contribution in [2.24, 2.45) is 4.99 Å². The zero-order chi connectivity index (χ0) is 31.5. The number of thiazole rings is 1. The van der Waals surface area contributed by atoms with Crippen molar-refractivity contribution in [3.63, 3.8) is 0 Å². The molecule has 0 fully saturated rings. The standard InChI is InChI=1S/C35H31N3O5S2/c1-4-42-29(39)21-37-20-24(26-13-9-10-14-27(26)37)19-28-33(40)38-32(23-15-17-25(44-3)18-16-23)30(34(41)43-5-2)31(36-35(38)45-28)22-11-7-6-8-12-22/h6-20,32H,4-5,21H2,1-3H3/t32-/m0/s1. The third-order valence-corrected chi connectivity index (χ3v) is 9.24. The molecule has 8 nitrogen and oxygen atoms in total. The van der Waals surface area contributed by atoms with Gasteiger partial charge in [0.1, 0.15) is 6.54 Å². The van der Waals surface area contributed by atoms with E-state index in [4.69, 9.17) is 14.5 Å². The molecule has 6 rings (SSSR count). The van der Waals surface area contributed by atoms with E-state index in [-0.39, 0.29) is 24.7 Å². The van der Waals surface area contributed by atoms with Crippen LogP contribution < -0.4 is 14.9 Å². The van der Waals surface area contributed by atoms with Crippen LogP contribution in [0.25, 0.3) is 22.7 Å².